The van der Waals surface area contributed by atoms with Gasteiger partial charge in [0.25, 0.3) is 0 Å². The number of alkyl halides is 3. The van der Waals surface area contributed by atoms with Crippen molar-refractivity contribution in [2.75, 3.05) is 0 Å². The van der Waals surface area contributed by atoms with Crippen molar-refractivity contribution in [3.63, 3.8) is 0 Å². The van der Waals surface area contributed by atoms with E-state index in [1.165, 1.54) is 42.7 Å². The molecule has 0 bridgehead atoms. The zero-order chi connectivity index (χ0) is 19.2. The molecule has 0 saturated carbocycles. The number of rotatable bonds is 2. The second kappa shape index (κ2) is 6.21. The van der Waals surface area contributed by atoms with E-state index in [0.717, 1.165) is 0 Å². The van der Waals surface area contributed by atoms with Crippen LogP contribution < -0.4 is 0 Å². The standard InChI is InChI=1S/C19H13ClF3N3O/c20-12-6-7-16-15(10-12)18(19(21,22)23,11-13-4-1-2-8-24-13)14-5-3-9-26(27)17(14)25-16/h1-10,27H,11H2. The molecule has 2 aliphatic rings. The lowest BCUT2D eigenvalue weighted by Crippen LogP contribution is -2.52. The highest BCUT2D eigenvalue weighted by Gasteiger charge is 2.62. The molecule has 0 amide bonds. The molecule has 3 heterocycles. The Labute approximate surface area is 157 Å². The summed E-state index contributed by atoms with van der Waals surface area (Å²) in [5.74, 6) is -0.166. The maximum absolute atomic E-state index is 14.7. The van der Waals surface area contributed by atoms with Crippen LogP contribution in [0.4, 0.5) is 18.9 Å². The molecule has 0 fully saturated rings. The second-order valence-electron chi connectivity index (χ2n) is 6.26. The molecule has 1 N–H and O–H groups in total. The first-order chi connectivity index (χ1) is 12.8. The van der Waals surface area contributed by atoms with Gasteiger partial charge in [0.1, 0.15) is 5.41 Å². The molecule has 2 aromatic rings. The molecule has 0 spiro atoms. The summed E-state index contributed by atoms with van der Waals surface area (Å²) in [7, 11) is 0. The fraction of sp³-hybridized carbons (Fsp3) is 0.158. The van der Waals surface area contributed by atoms with Crippen LogP contribution in [0, 0.1) is 0 Å². The minimum atomic E-state index is -4.69. The summed E-state index contributed by atoms with van der Waals surface area (Å²) in [5, 5.41) is 10.9. The fourth-order valence-corrected chi connectivity index (χ4v) is 3.68. The Morgan fingerprint density at radius 2 is 2.00 bits per heavy atom. The number of benzene rings is 1. The normalized spacial score (nSPS) is 21.3. The van der Waals surface area contributed by atoms with Gasteiger partial charge in [-0.2, -0.15) is 13.2 Å². The zero-order valence-corrected chi connectivity index (χ0v) is 14.5. The summed E-state index contributed by atoms with van der Waals surface area (Å²) < 4.78 is 44.1. The molecule has 0 saturated heterocycles. The quantitative estimate of drug-likeness (QED) is 0.786. The molecule has 138 valence electrons. The third-order valence-electron chi connectivity index (χ3n) is 4.71. The Balaban J connectivity index is 2.05. The van der Waals surface area contributed by atoms with Gasteiger partial charge < -0.3 is 0 Å². The van der Waals surface area contributed by atoms with Gasteiger partial charge in [-0.25, -0.2) is 10.1 Å². The molecule has 1 aromatic heterocycles. The van der Waals surface area contributed by atoms with Crippen LogP contribution in [0.5, 0.6) is 0 Å². The van der Waals surface area contributed by atoms with Crippen LogP contribution >= 0.6 is 11.6 Å². The monoisotopic (exact) mass is 391 g/mol. The number of hydrogen-bond acceptors (Lipinski definition) is 4. The molecule has 8 heteroatoms. The number of aliphatic imine (C=N–C) groups is 1. The van der Waals surface area contributed by atoms with Crippen molar-refractivity contribution in [2.45, 2.75) is 18.0 Å². The first kappa shape index (κ1) is 17.8. The van der Waals surface area contributed by atoms with Gasteiger partial charge >= 0.3 is 6.18 Å². The van der Waals surface area contributed by atoms with E-state index in [4.69, 9.17) is 11.6 Å². The number of aromatic nitrogens is 1. The van der Waals surface area contributed by atoms with Gasteiger partial charge in [-0.05, 0) is 42.0 Å². The Morgan fingerprint density at radius 1 is 1.19 bits per heavy atom. The zero-order valence-electron chi connectivity index (χ0n) is 13.8. The highest BCUT2D eigenvalue weighted by Crippen LogP contribution is 2.55. The number of fused-ring (bicyclic) bond motifs is 2. The molecule has 2 aliphatic heterocycles. The topological polar surface area (TPSA) is 48.7 Å². The van der Waals surface area contributed by atoms with Crippen LogP contribution in [0.15, 0.2) is 71.5 Å². The van der Waals surface area contributed by atoms with Crippen molar-refractivity contribution in [3.05, 3.63) is 82.8 Å². The second-order valence-corrected chi connectivity index (χ2v) is 6.70. The van der Waals surface area contributed by atoms with Crippen LogP contribution in [-0.4, -0.2) is 27.3 Å². The first-order valence-corrected chi connectivity index (χ1v) is 8.43. The molecule has 27 heavy (non-hydrogen) atoms. The third kappa shape index (κ3) is 2.74. The first-order valence-electron chi connectivity index (χ1n) is 8.06. The van der Waals surface area contributed by atoms with Crippen molar-refractivity contribution in [1.29, 1.82) is 0 Å². The van der Waals surface area contributed by atoms with Crippen molar-refractivity contribution in [1.82, 2.24) is 10.0 Å². The Hall–Kier alpha value is -2.64. The number of amidine groups is 1. The van der Waals surface area contributed by atoms with E-state index in [2.05, 4.69) is 9.98 Å². The van der Waals surface area contributed by atoms with Crippen molar-refractivity contribution < 1.29 is 18.4 Å². The number of nitrogens with zero attached hydrogens (tertiary/aromatic N) is 3. The number of hydroxylamine groups is 2. The summed E-state index contributed by atoms with van der Waals surface area (Å²) in [5.41, 5.74) is -2.30. The molecule has 4 rings (SSSR count). The van der Waals surface area contributed by atoms with Crippen LogP contribution in [0.3, 0.4) is 0 Å². The minimum absolute atomic E-state index is 0.0631. The molecule has 0 radical (unpaired) electrons. The predicted molar refractivity (Wildman–Crippen MR) is 95.1 cm³/mol. The van der Waals surface area contributed by atoms with Crippen molar-refractivity contribution in [2.24, 2.45) is 4.99 Å². The van der Waals surface area contributed by atoms with Crippen molar-refractivity contribution in [3.8, 4) is 0 Å². The summed E-state index contributed by atoms with van der Waals surface area (Å²) in [6.07, 6.45) is 0.226. The maximum atomic E-state index is 14.7. The van der Waals surface area contributed by atoms with Gasteiger partial charge in [0, 0.05) is 35.1 Å². The summed E-state index contributed by atoms with van der Waals surface area (Å²) in [6.45, 7) is 0. The number of pyridine rings is 1. The molecular weight excluding hydrogens is 379 g/mol. The lowest BCUT2D eigenvalue weighted by Gasteiger charge is -2.43. The van der Waals surface area contributed by atoms with Gasteiger partial charge in [0.2, 0.25) is 0 Å². The van der Waals surface area contributed by atoms with E-state index in [9.17, 15) is 18.4 Å². The Bertz CT molecular complexity index is 985. The molecule has 1 unspecified atom stereocenters. The highest BCUT2D eigenvalue weighted by molar-refractivity contribution is 6.30. The van der Waals surface area contributed by atoms with E-state index in [1.54, 1.807) is 18.2 Å². The van der Waals surface area contributed by atoms with Crippen LogP contribution in [0.1, 0.15) is 11.3 Å². The van der Waals surface area contributed by atoms with Crippen molar-refractivity contribution >= 4 is 23.1 Å². The Kier molecular flexibility index (Phi) is 4.09. The van der Waals surface area contributed by atoms with E-state index in [0.29, 0.717) is 5.06 Å². The molecule has 0 aliphatic carbocycles. The summed E-state index contributed by atoms with van der Waals surface area (Å²) in [4.78, 5) is 8.32. The van der Waals surface area contributed by atoms with E-state index in [-0.39, 0.29) is 33.4 Å². The van der Waals surface area contributed by atoms with Gasteiger partial charge in [-0.15, -0.1) is 0 Å². The molecular formula is C19H13ClF3N3O. The molecule has 1 atom stereocenters. The lowest BCUT2D eigenvalue weighted by atomic mass is 9.67. The van der Waals surface area contributed by atoms with E-state index >= 15 is 0 Å². The van der Waals surface area contributed by atoms with Gasteiger partial charge in [0.05, 0.1) is 5.69 Å². The molecule has 4 nitrogen and oxygen atoms in total. The van der Waals surface area contributed by atoms with E-state index in [1.807, 2.05) is 0 Å². The largest absolute Gasteiger partial charge is 0.402 e. The van der Waals surface area contributed by atoms with Gasteiger partial charge in [0.15, 0.2) is 5.84 Å². The molecule has 1 aromatic carbocycles. The van der Waals surface area contributed by atoms with Crippen LogP contribution in [0.2, 0.25) is 5.02 Å². The maximum Gasteiger partial charge on any atom is 0.402 e. The highest BCUT2D eigenvalue weighted by atomic mass is 35.5. The smallest absolute Gasteiger partial charge is 0.283 e. The summed E-state index contributed by atoms with van der Waals surface area (Å²) in [6, 6.07) is 9.00. The van der Waals surface area contributed by atoms with E-state index < -0.39 is 18.0 Å². The average Bonchev–Trinajstić information content (AvgIpc) is 2.62. The number of hydrogen-bond donors (Lipinski definition) is 1. The van der Waals surface area contributed by atoms with Crippen LogP contribution in [-0.2, 0) is 11.8 Å². The average molecular weight is 392 g/mol. The predicted octanol–water partition coefficient (Wildman–Crippen LogP) is 4.97. The van der Waals surface area contributed by atoms with Gasteiger partial charge in [-0.1, -0.05) is 23.7 Å². The SMILES string of the molecule is ON1C=CC=C2C1=Nc1ccc(Cl)cc1C2(Cc1ccccn1)C(F)(F)F. The lowest BCUT2D eigenvalue weighted by molar-refractivity contribution is -0.178. The fourth-order valence-electron chi connectivity index (χ4n) is 3.51. The Morgan fingerprint density at radius 3 is 2.70 bits per heavy atom. The van der Waals surface area contributed by atoms with Gasteiger partial charge in [-0.3, -0.25) is 10.2 Å². The third-order valence-corrected chi connectivity index (χ3v) is 4.94. The minimum Gasteiger partial charge on any atom is -0.283 e. The number of halogens is 4. The number of allylic oxidation sites excluding steroid dienone is 2. The van der Waals surface area contributed by atoms with Crippen LogP contribution in [0.25, 0.3) is 0 Å². The summed E-state index contributed by atoms with van der Waals surface area (Å²) >= 11 is 6.04.